The van der Waals surface area contributed by atoms with Crippen LogP contribution in [0.25, 0.3) is 0 Å². The minimum atomic E-state index is -1.39. The first-order valence-electron chi connectivity index (χ1n) is 13.2. The average molecular weight is 495 g/mol. The molecule has 8 heteroatoms. The lowest BCUT2D eigenvalue weighted by Gasteiger charge is -2.63. The van der Waals surface area contributed by atoms with Crippen molar-refractivity contribution in [1.82, 2.24) is 0 Å². The number of ether oxygens (including phenoxy) is 3. The number of hydrogen-bond acceptors (Lipinski definition) is 8. The molecule has 4 aliphatic carbocycles. The summed E-state index contributed by atoms with van der Waals surface area (Å²) in [6.45, 7) is 8.16. The van der Waals surface area contributed by atoms with Crippen molar-refractivity contribution in [2.45, 2.75) is 110 Å². The fourth-order valence-electron chi connectivity index (χ4n) is 8.92. The van der Waals surface area contributed by atoms with E-state index in [1.54, 1.807) is 0 Å². The van der Waals surface area contributed by atoms with Crippen LogP contribution < -0.4 is 0 Å². The zero-order valence-corrected chi connectivity index (χ0v) is 21.7. The van der Waals surface area contributed by atoms with Crippen molar-refractivity contribution in [1.29, 1.82) is 0 Å². The molecule has 0 aromatic rings. The highest BCUT2D eigenvalue weighted by Gasteiger charge is 2.69. The zero-order valence-electron chi connectivity index (χ0n) is 21.7. The van der Waals surface area contributed by atoms with E-state index in [-0.39, 0.29) is 41.8 Å². The summed E-state index contributed by atoms with van der Waals surface area (Å²) < 4.78 is 16.3. The molecule has 2 N–H and O–H groups in total. The van der Waals surface area contributed by atoms with Gasteiger partial charge in [-0.2, -0.15) is 0 Å². The number of hydrogen-bond donors (Lipinski definition) is 2. The highest BCUT2D eigenvalue weighted by molar-refractivity contribution is 5.67. The van der Waals surface area contributed by atoms with Crippen LogP contribution in [0.4, 0.5) is 0 Å². The molecular weight excluding hydrogens is 452 g/mol. The SMILES string of the molecule is CC(=O)OC[C@H](OC(C)=O)[C@@]1(O)CC[C@H]2[C@@H]3CC[C@@H]4C[C@H](OC(C)=O)CC[C@]4(C)[C@H]3[C@@H](O)C[C@@]21C. The summed E-state index contributed by atoms with van der Waals surface area (Å²) >= 11 is 0. The first-order valence-corrected chi connectivity index (χ1v) is 13.2. The van der Waals surface area contributed by atoms with Crippen LogP contribution in [0.1, 0.15) is 86.0 Å². The molecule has 0 bridgehead atoms. The molecule has 0 saturated heterocycles. The van der Waals surface area contributed by atoms with Crippen LogP contribution in [0.5, 0.6) is 0 Å². The van der Waals surface area contributed by atoms with Gasteiger partial charge in [0.05, 0.1) is 6.10 Å². The third-order valence-corrected chi connectivity index (χ3v) is 10.4. The number of carbonyl (C=O) groups is 3. The van der Waals surface area contributed by atoms with E-state index in [4.69, 9.17) is 14.2 Å². The summed E-state index contributed by atoms with van der Waals surface area (Å²) in [6, 6.07) is 0. The summed E-state index contributed by atoms with van der Waals surface area (Å²) in [7, 11) is 0. The van der Waals surface area contributed by atoms with Crippen LogP contribution in [-0.2, 0) is 28.6 Å². The van der Waals surface area contributed by atoms with E-state index in [0.717, 1.165) is 38.5 Å². The summed E-state index contributed by atoms with van der Waals surface area (Å²) in [6.07, 6.45) is 4.50. The summed E-state index contributed by atoms with van der Waals surface area (Å²) in [4.78, 5) is 34.9. The van der Waals surface area contributed by atoms with E-state index in [2.05, 4.69) is 6.92 Å². The molecule has 4 fully saturated rings. The van der Waals surface area contributed by atoms with Gasteiger partial charge in [0, 0.05) is 26.2 Å². The largest absolute Gasteiger partial charge is 0.463 e. The van der Waals surface area contributed by atoms with Crippen molar-refractivity contribution in [3.63, 3.8) is 0 Å². The highest BCUT2D eigenvalue weighted by atomic mass is 16.6. The Bertz CT molecular complexity index is 858. The normalized spacial score (nSPS) is 45.3. The number of esters is 3. The molecule has 0 aliphatic heterocycles. The summed E-state index contributed by atoms with van der Waals surface area (Å²) in [5.74, 6) is -0.350. The van der Waals surface area contributed by atoms with Gasteiger partial charge in [0.1, 0.15) is 18.3 Å². The minimum absolute atomic E-state index is 0.0459. The predicted octanol–water partition coefficient (Wildman–Crippen LogP) is 3.16. The molecule has 35 heavy (non-hydrogen) atoms. The van der Waals surface area contributed by atoms with Crippen LogP contribution in [0.15, 0.2) is 0 Å². The summed E-state index contributed by atoms with van der Waals surface area (Å²) in [5.41, 5.74) is -2.12. The van der Waals surface area contributed by atoms with E-state index in [1.807, 2.05) is 6.92 Å². The maximum absolute atomic E-state index is 12.1. The quantitative estimate of drug-likeness (QED) is 0.442. The molecule has 0 unspecified atom stereocenters. The van der Waals surface area contributed by atoms with Crippen molar-refractivity contribution in [2.24, 2.45) is 34.5 Å². The molecular formula is C27H42O8. The average Bonchev–Trinajstić information content (AvgIpc) is 3.01. The Kier molecular flexibility index (Phi) is 7.03. The van der Waals surface area contributed by atoms with Gasteiger partial charge in [-0.25, -0.2) is 0 Å². The van der Waals surface area contributed by atoms with Crippen LogP contribution >= 0.6 is 0 Å². The second kappa shape index (κ2) is 9.33. The van der Waals surface area contributed by atoms with Crippen molar-refractivity contribution < 1.29 is 38.8 Å². The summed E-state index contributed by atoms with van der Waals surface area (Å²) in [5, 5.41) is 23.7. The topological polar surface area (TPSA) is 119 Å². The Labute approximate surface area is 208 Å². The molecule has 4 rings (SSSR count). The zero-order chi connectivity index (χ0) is 25.8. The van der Waals surface area contributed by atoms with Crippen LogP contribution in [-0.4, -0.2) is 58.6 Å². The van der Waals surface area contributed by atoms with E-state index in [1.165, 1.54) is 20.8 Å². The van der Waals surface area contributed by atoms with Crippen molar-refractivity contribution >= 4 is 17.9 Å². The van der Waals surface area contributed by atoms with Gasteiger partial charge in [0.25, 0.3) is 0 Å². The van der Waals surface area contributed by atoms with Crippen molar-refractivity contribution in [3.8, 4) is 0 Å². The monoisotopic (exact) mass is 494 g/mol. The molecule has 10 atom stereocenters. The van der Waals surface area contributed by atoms with E-state index in [0.29, 0.717) is 18.8 Å². The standard InChI is InChI=1S/C27H42O8/c1-15(28)33-14-23(35-17(3)30)27(32)11-9-21-20-7-6-18-12-19(34-16(2)29)8-10-25(18,4)24(20)22(31)13-26(21,27)5/h18-24,31-32H,6-14H2,1-5H3/t18-,19-,20+,21+,22+,23+,24-,25+,26+,27+/m1/s1. The molecule has 4 aliphatic rings. The fraction of sp³-hybridized carbons (Fsp3) is 0.889. The molecule has 4 saturated carbocycles. The molecule has 0 spiro atoms. The van der Waals surface area contributed by atoms with Crippen LogP contribution in [0.3, 0.4) is 0 Å². The number of aliphatic hydroxyl groups excluding tert-OH is 1. The fourth-order valence-corrected chi connectivity index (χ4v) is 8.92. The second-order valence-corrected chi connectivity index (χ2v) is 12.1. The smallest absolute Gasteiger partial charge is 0.303 e. The Morgan fingerprint density at radius 2 is 1.69 bits per heavy atom. The third kappa shape index (κ3) is 4.39. The van der Waals surface area contributed by atoms with Gasteiger partial charge >= 0.3 is 17.9 Å². The van der Waals surface area contributed by atoms with Gasteiger partial charge in [0.15, 0.2) is 6.10 Å². The first-order chi connectivity index (χ1) is 16.3. The van der Waals surface area contributed by atoms with E-state index >= 15 is 0 Å². The van der Waals surface area contributed by atoms with Gasteiger partial charge in [-0.1, -0.05) is 13.8 Å². The van der Waals surface area contributed by atoms with Crippen molar-refractivity contribution in [3.05, 3.63) is 0 Å². The van der Waals surface area contributed by atoms with Crippen molar-refractivity contribution in [2.75, 3.05) is 6.61 Å². The molecule has 0 radical (unpaired) electrons. The Morgan fingerprint density at radius 3 is 2.31 bits per heavy atom. The molecule has 8 nitrogen and oxygen atoms in total. The number of rotatable bonds is 5. The molecule has 0 aromatic heterocycles. The molecule has 198 valence electrons. The van der Waals surface area contributed by atoms with Crippen LogP contribution in [0.2, 0.25) is 0 Å². The van der Waals surface area contributed by atoms with Gasteiger partial charge in [-0.15, -0.1) is 0 Å². The minimum Gasteiger partial charge on any atom is -0.463 e. The Morgan fingerprint density at radius 1 is 0.971 bits per heavy atom. The molecule has 0 heterocycles. The highest BCUT2D eigenvalue weighted by Crippen LogP contribution is 2.69. The van der Waals surface area contributed by atoms with Gasteiger partial charge in [-0.3, -0.25) is 14.4 Å². The number of aliphatic hydroxyl groups is 2. The van der Waals surface area contributed by atoms with E-state index < -0.39 is 35.2 Å². The Balaban J connectivity index is 1.60. The lowest BCUT2D eigenvalue weighted by Crippen LogP contribution is -2.64. The number of fused-ring (bicyclic) bond motifs is 5. The predicted molar refractivity (Wildman–Crippen MR) is 126 cm³/mol. The maximum atomic E-state index is 12.1. The lowest BCUT2D eigenvalue weighted by atomic mass is 9.43. The second-order valence-electron chi connectivity index (χ2n) is 12.1. The maximum Gasteiger partial charge on any atom is 0.303 e. The van der Waals surface area contributed by atoms with Gasteiger partial charge < -0.3 is 24.4 Å². The lowest BCUT2D eigenvalue weighted by molar-refractivity contribution is -0.232. The molecule has 0 aromatic carbocycles. The van der Waals surface area contributed by atoms with Crippen LogP contribution in [0, 0.1) is 34.5 Å². The van der Waals surface area contributed by atoms with E-state index in [9.17, 15) is 24.6 Å². The Hall–Kier alpha value is -1.67. The molecule has 0 amide bonds. The van der Waals surface area contributed by atoms with Gasteiger partial charge in [-0.05, 0) is 80.5 Å². The third-order valence-electron chi connectivity index (χ3n) is 10.4. The van der Waals surface area contributed by atoms with Gasteiger partial charge in [0.2, 0.25) is 0 Å². The number of carbonyl (C=O) groups excluding carboxylic acids is 3. The first kappa shape index (κ1) is 26.4.